The molecule has 0 spiro atoms. The quantitative estimate of drug-likeness (QED) is 0.457. The van der Waals surface area contributed by atoms with Gasteiger partial charge in [0.15, 0.2) is 16.9 Å². The van der Waals surface area contributed by atoms with E-state index in [4.69, 9.17) is 4.55 Å². The Morgan fingerprint density at radius 2 is 2.20 bits per heavy atom. The van der Waals surface area contributed by atoms with Crippen molar-refractivity contribution < 1.29 is 13.6 Å². The Labute approximate surface area is 61.4 Å². The Morgan fingerprint density at radius 1 is 1.50 bits per heavy atom. The third-order valence-electron chi connectivity index (χ3n) is 1.45. The molecule has 10 heavy (non-hydrogen) atoms. The molecule has 3 nitrogen and oxygen atoms in total. The fourth-order valence-electron chi connectivity index (χ4n) is 0.986. The maximum absolute atomic E-state index is 10.8. The SMILES string of the molecule is O=C1CCCC1=CS(=O)O. The van der Waals surface area contributed by atoms with Gasteiger partial charge in [0.1, 0.15) is 0 Å². The van der Waals surface area contributed by atoms with Crippen LogP contribution in [-0.2, 0) is 15.9 Å². The third-order valence-corrected chi connectivity index (χ3v) is 1.94. The van der Waals surface area contributed by atoms with Crippen molar-refractivity contribution in [1.82, 2.24) is 0 Å². The molecule has 1 aliphatic rings. The maximum Gasteiger partial charge on any atom is 0.179 e. The first-order valence-electron chi connectivity index (χ1n) is 3.03. The van der Waals surface area contributed by atoms with Gasteiger partial charge in [0, 0.05) is 17.4 Å². The van der Waals surface area contributed by atoms with Gasteiger partial charge in [0.2, 0.25) is 0 Å². The standard InChI is InChI=1S/C6H8O3S/c7-6-3-1-2-5(6)4-10(8)9/h4H,1-3H2,(H,8,9). The maximum atomic E-state index is 10.8. The Balaban J connectivity index is 2.72. The lowest BCUT2D eigenvalue weighted by Gasteiger charge is -1.88. The van der Waals surface area contributed by atoms with E-state index in [1.807, 2.05) is 0 Å². The fourth-order valence-corrected chi connectivity index (χ4v) is 1.48. The molecule has 0 aromatic carbocycles. The summed E-state index contributed by atoms with van der Waals surface area (Å²) in [6.45, 7) is 0. The van der Waals surface area contributed by atoms with Crippen molar-refractivity contribution in [3.63, 3.8) is 0 Å². The molecule has 4 heteroatoms. The van der Waals surface area contributed by atoms with E-state index in [2.05, 4.69) is 0 Å². The first-order chi connectivity index (χ1) is 4.70. The molecule has 0 radical (unpaired) electrons. The smallest absolute Gasteiger partial charge is 0.179 e. The topological polar surface area (TPSA) is 54.4 Å². The van der Waals surface area contributed by atoms with Gasteiger partial charge in [-0.25, -0.2) is 4.21 Å². The molecule has 0 saturated heterocycles. The number of Topliss-reactive ketones (excluding diaryl/α,β-unsaturated/α-hetero) is 1. The Bertz CT molecular complexity index is 207. The molecule has 1 aliphatic carbocycles. The molecule has 0 aromatic rings. The van der Waals surface area contributed by atoms with Crippen molar-refractivity contribution in [2.24, 2.45) is 0 Å². The van der Waals surface area contributed by atoms with Crippen molar-refractivity contribution in [2.75, 3.05) is 0 Å². The number of hydrogen-bond acceptors (Lipinski definition) is 2. The second-order valence-electron chi connectivity index (χ2n) is 2.20. The molecule has 0 aliphatic heterocycles. The van der Waals surface area contributed by atoms with Crippen LogP contribution in [0.15, 0.2) is 11.0 Å². The van der Waals surface area contributed by atoms with Crippen LogP contribution in [0.25, 0.3) is 0 Å². The molecule has 1 atom stereocenters. The van der Waals surface area contributed by atoms with Gasteiger partial charge in [-0.2, -0.15) is 0 Å². The summed E-state index contributed by atoms with van der Waals surface area (Å²) in [4.78, 5) is 10.8. The highest BCUT2D eigenvalue weighted by Crippen LogP contribution is 2.20. The van der Waals surface area contributed by atoms with Gasteiger partial charge in [0.25, 0.3) is 0 Å². The Kier molecular flexibility index (Phi) is 2.34. The normalized spacial score (nSPS) is 25.7. The summed E-state index contributed by atoms with van der Waals surface area (Å²) in [6.07, 6.45) is 2.01. The predicted molar refractivity (Wildman–Crippen MR) is 37.7 cm³/mol. The first-order valence-corrected chi connectivity index (χ1v) is 4.20. The molecule has 0 heterocycles. The largest absolute Gasteiger partial charge is 0.303 e. The minimum atomic E-state index is -1.96. The highest BCUT2D eigenvalue weighted by Gasteiger charge is 2.16. The number of ketones is 1. The minimum Gasteiger partial charge on any atom is -0.303 e. The van der Waals surface area contributed by atoms with E-state index in [1.165, 1.54) is 0 Å². The van der Waals surface area contributed by atoms with Crippen LogP contribution in [0, 0.1) is 0 Å². The summed E-state index contributed by atoms with van der Waals surface area (Å²) in [6, 6.07) is 0. The Hall–Kier alpha value is -0.480. The summed E-state index contributed by atoms with van der Waals surface area (Å²) in [5, 5.41) is 1.12. The third kappa shape index (κ3) is 1.75. The molecule has 56 valence electrons. The van der Waals surface area contributed by atoms with Crippen molar-refractivity contribution in [3.05, 3.63) is 11.0 Å². The van der Waals surface area contributed by atoms with Crippen molar-refractivity contribution >= 4 is 16.9 Å². The van der Waals surface area contributed by atoms with Crippen LogP contribution < -0.4 is 0 Å². The van der Waals surface area contributed by atoms with E-state index in [0.29, 0.717) is 18.4 Å². The fraction of sp³-hybridized carbons (Fsp3) is 0.500. The molecule has 0 aromatic heterocycles. The summed E-state index contributed by atoms with van der Waals surface area (Å²) in [5.41, 5.74) is 0.515. The number of carbonyl (C=O) groups excluding carboxylic acids is 1. The van der Waals surface area contributed by atoms with E-state index in [9.17, 15) is 9.00 Å². The minimum absolute atomic E-state index is 0.0161. The molecular weight excluding hydrogens is 152 g/mol. The van der Waals surface area contributed by atoms with Crippen molar-refractivity contribution in [3.8, 4) is 0 Å². The zero-order valence-electron chi connectivity index (χ0n) is 5.37. The lowest BCUT2D eigenvalue weighted by molar-refractivity contribution is -0.114. The molecule has 1 saturated carbocycles. The van der Waals surface area contributed by atoms with E-state index < -0.39 is 11.1 Å². The second-order valence-corrected chi connectivity index (χ2v) is 2.98. The van der Waals surface area contributed by atoms with Gasteiger partial charge in [-0.15, -0.1) is 0 Å². The number of allylic oxidation sites excluding steroid dienone is 1. The van der Waals surface area contributed by atoms with Gasteiger partial charge in [-0.05, 0) is 12.8 Å². The van der Waals surface area contributed by atoms with Gasteiger partial charge in [0.05, 0.1) is 0 Å². The molecule has 0 amide bonds. The highest BCUT2D eigenvalue weighted by atomic mass is 32.2. The van der Waals surface area contributed by atoms with Crippen molar-refractivity contribution in [2.45, 2.75) is 19.3 Å². The van der Waals surface area contributed by atoms with Crippen LogP contribution in [0.4, 0.5) is 0 Å². The van der Waals surface area contributed by atoms with Crippen molar-refractivity contribution in [1.29, 1.82) is 0 Å². The zero-order chi connectivity index (χ0) is 7.56. The van der Waals surface area contributed by atoms with Gasteiger partial charge >= 0.3 is 0 Å². The van der Waals surface area contributed by atoms with Crippen LogP contribution in [0.3, 0.4) is 0 Å². The van der Waals surface area contributed by atoms with Crippen LogP contribution in [0.5, 0.6) is 0 Å². The van der Waals surface area contributed by atoms with E-state index >= 15 is 0 Å². The molecule has 0 bridgehead atoms. The summed E-state index contributed by atoms with van der Waals surface area (Å²) < 4.78 is 18.6. The first kappa shape index (κ1) is 7.63. The average molecular weight is 160 g/mol. The summed E-state index contributed by atoms with van der Waals surface area (Å²) >= 11 is -1.96. The Morgan fingerprint density at radius 3 is 2.60 bits per heavy atom. The van der Waals surface area contributed by atoms with Crippen LogP contribution >= 0.6 is 0 Å². The predicted octanol–water partition coefficient (Wildman–Crippen LogP) is 0.845. The lowest BCUT2D eigenvalue weighted by Crippen LogP contribution is -1.93. The van der Waals surface area contributed by atoms with Crippen LogP contribution in [0.2, 0.25) is 0 Å². The highest BCUT2D eigenvalue weighted by molar-refractivity contribution is 7.82. The molecule has 1 N–H and O–H groups in total. The summed E-state index contributed by atoms with van der Waals surface area (Å²) in [5.74, 6) is 0.0161. The number of hydrogen-bond donors (Lipinski definition) is 1. The number of rotatable bonds is 1. The monoisotopic (exact) mass is 160 g/mol. The lowest BCUT2D eigenvalue weighted by atomic mass is 10.2. The molecule has 1 rings (SSSR count). The second kappa shape index (κ2) is 3.07. The van der Waals surface area contributed by atoms with Gasteiger partial charge in [-0.1, -0.05) is 0 Å². The van der Waals surface area contributed by atoms with Gasteiger partial charge in [-0.3, -0.25) is 4.79 Å². The van der Waals surface area contributed by atoms with Crippen LogP contribution in [0.1, 0.15) is 19.3 Å². The molecule has 1 fully saturated rings. The molecular formula is C6H8O3S. The van der Waals surface area contributed by atoms with E-state index in [0.717, 1.165) is 11.8 Å². The van der Waals surface area contributed by atoms with Gasteiger partial charge < -0.3 is 4.55 Å². The summed E-state index contributed by atoms with van der Waals surface area (Å²) in [7, 11) is 0. The average Bonchev–Trinajstić information content (AvgIpc) is 2.15. The molecule has 1 unspecified atom stereocenters. The van der Waals surface area contributed by atoms with Crippen LogP contribution in [-0.4, -0.2) is 14.5 Å². The van der Waals surface area contributed by atoms with E-state index in [1.54, 1.807) is 0 Å². The van der Waals surface area contributed by atoms with E-state index in [-0.39, 0.29) is 5.78 Å². The number of carbonyl (C=O) groups is 1. The zero-order valence-corrected chi connectivity index (χ0v) is 6.19.